The smallest absolute Gasteiger partial charge is 0.0578 e. The standard InChI is InChI=1S/C36H65NO3.ClH/c1-21(2)11-10-12-22(3)29-13-14-30-28-20-33(36(37,23(4)25(6)38)24(5)26(7)39)32-19-27(40)15-17-35(32,9)31(28)16-18-34(29,30)8;/h21-31,38-40H,10-20,37H2,1-9H3;1H/t22-,23?,24?,25?,26?,27+,28+,29-,30+,31+,34-,35-,36?;/m1./s1. The molecule has 0 aliphatic heterocycles. The van der Waals surface area contributed by atoms with Gasteiger partial charge in [-0.15, -0.1) is 12.4 Å². The number of nitrogens with two attached hydrogens (primary N) is 1. The Morgan fingerprint density at radius 3 is 2.00 bits per heavy atom. The largest absolute Gasteiger partial charge is 0.393 e. The fourth-order valence-corrected chi connectivity index (χ4v) is 11.0. The molecule has 0 heterocycles. The first-order valence-corrected chi connectivity index (χ1v) is 17.1. The van der Waals surface area contributed by atoms with Crippen molar-refractivity contribution in [3.05, 3.63) is 11.1 Å². The Morgan fingerprint density at radius 2 is 1.44 bits per heavy atom. The molecular weight excluding hydrogens is 530 g/mol. The van der Waals surface area contributed by atoms with E-state index in [1.54, 1.807) is 0 Å². The molecule has 4 nitrogen and oxygen atoms in total. The first-order chi connectivity index (χ1) is 18.6. The summed E-state index contributed by atoms with van der Waals surface area (Å²) in [6.07, 6.45) is 11.4. The Kier molecular flexibility index (Phi) is 11.3. The average Bonchev–Trinajstić information content (AvgIpc) is 3.24. The second-order valence-electron chi connectivity index (χ2n) is 16.4. The molecule has 0 spiro atoms. The van der Waals surface area contributed by atoms with Crippen LogP contribution < -0.4 is 5.73 Å². The molecule has 4 unspecified atom stereocenters. The van der Waals surface area contributed by atoms with Crippen LogP contribution in [0.4, 0.5) is 0 Å². The zero-order valence-electron chi connectivity index (χ0n) is 28.0. The van der Waals surface area contributed by atoms with E-state index in [1.165, 1.54) is 56.1 Å². The fraction of sp³-hybridized carbons (Fsp3) is 0.944. The summed E-state index contributed by atoms with van der Waals surface area (Å²) in [7, 11) is 0. The lowest BCUT2D eigenvalue weighted by atomic mass is 9.44. The molecule has 5 N–H and O–H groups in total. The lowest BCUT2D eigenvalue weighted by molar-refractivity contribution is -0.0667. The third-order valence-electron chi connectivity index (χ3n) is 13.9. The second kappa shape index (κ2) is 13.1. The molecule has 0 aromatic carbocycles. The quantitative estimate of drug-likeness (QED) is 0.193. The summed E-state index contributed by atoms with van der Waals surface area (Å²) in [5, 5.41) is 32.8. The molecule has 4 rings (SSSR count). The van der Waals surface area contributed by atoms with Crippen LogP contribution in [0, 0.1) is 58.2 Å². The predicted molar refractivity (Wildman–Crippen MR) is 174 cm³/mol. The van der Waals surface area contributed by atoms with Gasteiger partial charge in [-0.25, -0.2) is 0 Å². The highest BCUT2D eigenvalue weighted by atomic mass is 35.5. The molecule has 4 aliphatic carbocycles. The maximum absolute atomic E-state index is 11.0. The number of aliphatic hydroxyl groups is 3. The van der Waals surface area contributed by atoms with Gasteiger partial charge in [0.15, 0.2) is 0 Å². The first-order valence-electron chi connectivity index (χ1n) is 17.1. The minimum Gasteiger partial charge on any atom is -0.393 e. The second-order valence-corrected chi connectivity index (χ2v) is 16.4. The minimum atomic E-state index is -0.809. The van der Waals surface area contributed by atoms with E-state index in [0.29, 0.717) is 29.6 Å². The van der Waals surface area contributed by atoms with Crippen molar-refractivity contribution in [3.8, 4) is 0 Å². The van der Waals surface area contributed by atoms with Crippen LogP contribution in [-0.4, -0.2) is 39.2 Å². The number of aliphatic hydroxyl groups excluding tert-OH is 3. The molecule has 12 atom stereocenters. The lowest BCUT2D eigenvalue weighted by Crippen LogP contribution is -2.62. The number of fused-ring (bicyclic) bond motifs is 5. The van der Waals surface area contributed by atoms with Crippen LogP contribution in [0.5, 0.6) is 0 Å². The van der Waals surface area contributed by atoms with E-state index >= 15 is 0 Å². The summed E-state index contributed by atoms with van der Waals surface area (Å²) >= 11 is 0. The van der Waals surface area contributed by atoms with Gasteiger partial charge in [-0.2, -0.15) is 0 Å². The average molecular weight is 596 g/mol. The molecule has 0 bridgehead atoms. The molecule has 240 valence electrons. The van der Waals surface area contributed by atoms with Gasteiger partial charge >= 0.3 is 0 Å². The van der Waals surface area contributed by atoms with Gasteiger partial charge in [0.25, 0.3) is 0 Å². The van der Waals surface area contributed by atoms with Gasteiger partial charge in [0.1, 0.15) is 0 Å². The maximum Gasteiger partial charge on any atom is 0.0578 e. The molecule has 3 saturated carbocycles. The summed E-state index contributed by atoms with van der Waals surface area (Å²) in [4.78, 5) is 0. The Hall–Kier alpha value is -0.130. The van der Waals surface area contributed by atoms with Crippen molar-refractivity contribution in [2.24, 2.45) is 63.9 Å². The highest BCUT2D eigenvalue weighted by Gasteiger charge is 2.62. The van der Waals surface area contributed by atoms with Crippen molar-refractivity contribution < 1.29 is 15.3 Å². The van der Waals surface area contributed by atoms with Gasteiger partial charge in [-0.3, -0.25) is 0 Å². The van der Waals surface area contributed by atoms with E-state index in [1.807, 2.05) is 13.8 Å². The molecule has 5 heteroatoms. The molecular formula is C36H66ClNO3. The Balaban J connectivity index is 0.00000462. The van der Waals surface area contributed by atoms with Crippen LogP contribution in [0.15, 0.2) is 11.1 Å². The number of halogens is 1. The zero-order valence-corrected chi connectivity index (χ0v) is 28.8. The highest BCUT2D eigenvalue weighted by Crippen LogP contribution is 2.69. The normalized spacial score (nSPS) is 40.4. The highest BCUT2D eigenvalue weighted by molar-refractivity contribution is 5.85. The van der Waals surface area contributed by atoms with Gasteiger partial charge in [0.2, 0.25) is 0 Å². The summed E-state index contributed by atoms with van der Waals surface area (Å²) in [5.41, 5.74) is 9.85. The number of hydrogen-bond donors (Lipinski definition) is 4. The lowest BCUT2D eigenvalue weighted by Gasteiger charge is -2.62. The third kappa shape index (κ3) is 6.09. The van der Waals surface area contributed by atoms with Crippen LogP contribution in [0.2, 0.25) is 0 Å². The summed E-state index contributed by atoms with van der Waals surface area (Å²) in [6, 6.07) is 0. The van der Waals surface area contributed by atoms with Gasteiger partial charge in [-0.1, -0.05) is 73.3 Å². The van der Waals surface area contributed by atoms with E-state index in [2.05, 4.69) is 48.5 Å². The van der Waals surface area contributed by atoms with Crippen LogP contribution in [0.25, 0.3) is 0 Å². The van der Waals surface area contributed by atoms with E-state index in [9.17, 15) is 15.3 Å². The van der Waals surface area contributed by atoms with E-state index in [-0.39, 0.29) is 35.8 Å². The summed E-state index contributed by atoms with van der Waals surface area (Å²) in [5.74, 6) is 3.93. The predicted octanol–water partition coefficient (Wildman–Crippen LogP) is 7.91. The number of hydrogen-bond acceptors (Lipinski definition) is 4. The van der Waals surface area contributed by atoms with Crippen molar-refractivity contribution in [1.82, 2.24) is 0 Å². The molecule has 4 aliphatic rings. The van der Waals surface area contributed by atoms with Crippen molar-refractivity contribution in [3.63, 3.8) is 0 Å². The molecule has 3 fully saturated rings. The minimum absolute atomic E-state index is 0. The Morgan fingerprint density at radius 1 is 0.829 bits per heavy atom. The van der Waals surface area contributed by atoms with Crippen molar-refractivity contribution >= 4 is 12.4 Å². The van der Waals surface area contributed by atoms with Gasteiger partial charge < -0.3 is 21.1 Å². The van der Waals surface area contributed by atoms with Crippen molar-refractivity contribution in [2.75, 3.05) is 0 Å². The monoisotopic (exact) mass is 595 g/mol. The van der Waals surface area contributed by atoms with Crippen LogP contribution in [0.3, 0.4) is 0 Å². The number of rotatable bonds is 10. The molecule has 0 aromatic heterocycles. The van der Waals surface area contributed by atoms with Crippen LogP contribution >= 0.6 is 12.4 Å². The SMILES string of the molecule is CC(C)CCC[C@@H](C)[C@H]1CC[C@H]2[C@@H]3CC(C(N)(C(C)C(C)O)C(C)C(C)O)=C4C[C@@H](O)CC[C@]4(C)[C@H]3CC[C@]12C.Cl. The van der Waals surface area contributed by atoms with E-state index in [0.717, 1.165) is 37.0 Å². The van der Waals surface area contributed by atoms with Crippen molar-refractivity contribution in [1.29, 1.82) is 0 Å². The summed E-state index contributed by atoms with van der Waals surface area (Å²) < 4.78 is 0. The van der Waals surface area contributed by atoms with Crippen LogP contribution in [0.1, 0.15) is 133 Å². The van der Waals surface area contributed by atoms with Crippen LogP contribution in [-0.2, 0) is 0 Å². The topological polar surface area (TPSA) is 86.7 Å². The van der Waals surface area contributed by atoms with E-state index in [4.69, 9.17) is 5.73 Å². The van der Waals surface area contributed by atoms with Gasteiger partial charge in [0, 0.05) is 17.4 Å². The van der Waals surface area contributed by atoms with Crippen molar-refractivity contribution in [2.45, 2.75) is 157 Å². The molecule has 0 saturated heterocycles. The molecule has 0 aromatic rings. The third-order valence-corrected chi connectivity index (χ3v) is 13.9. The molecule has 41 heavy (non-hydrogen) atoms. The van der Waals surface area contributed by atoms with E-state index < -0.39 is 17.7 Å². The summed E-state index contributed by atoms with van der Waals surface area (Å²) in [6.45, 7) is 20.2. The molecule has 0 amide bonds. The Labute approximate surface area is 259 Å². The Bertz CT molecular complexity index is 903. The fourth-order valence-electron chi connectivity index (χ4n) is 11.0. The first kappa shape index (κ1) is 35.4. The maximum atomic E-state index is 11.0. The van der Waals surface area contributed by atoms with Gasteiger partial charge in [-0.05, 0) is 117 Å². The molecule has 0 radical (unpaired) electrons. The van der Waals surface area contributed by atoms with Gasteiger partial charge in [0.05, 0.1) is 18.3 Å². The zero-order chi connectivity index (χ0) is 29.8.